The fourth-order valence-corrected chi connectivity index (χ4v) is 4.44. The van der Waals surface area contributed by atoms with Crippen LogP contribution >= 0.6 is 11.3 Å². The molecule has 2 atom stereocenters. The zero-order valence-corrected chi connectivity index (χ0v) is 18.3. The Morgan fingerprint density at radius 3 is 2.52 bits per heavy atom. The van der Waals surface area contributed by atoms with Gasteiger partial charge in [0.2, 0.25) is 11.0 Å². The maximum atomic E-state index is 12.5. The zero-order chi connectivity index (χ0) is 22.2. The number of carbonyl (C=O) groups excluding carboxylic acids is 1. The van der Waals surface area contributed by atoms with E-state index in [1.165, 1.54) is 11.3 Å². The number of aliphatic hydroxyl groups is 1. The number of rotatable bonds is 4. The highest BCUT2D eigenvalue weighted by molar-refractivity contribution is 7.18. The van der Waals surface area contributed by atoms with E-state index in [-0.39, 0.29) is 17.9 Å². The average Bonchev–Trinajstić information content (AvgIpc) is 3.26. The number of piperidine rings is 1. The van der Waals surface area contributed by atoms with Gasteiger partial charge in [-0.25, -0.2) is 0 Å². The first-order chi connectivity index (χ1) is 14.9. The number of amides is 1. The Balaban J connectivity index is 0.000000628. The minimum atomic E-state index is -0.833. The van der Waals surface area contributed by atoms with Crippen molar-refractivity contribution in [2.24, 2.45) is 5.92 Å². The Morgan fingerprint density at radius 2 is 1.84 bits per heavy atom. The predicted molar refractivity (Wildman–Crippen MR) is 117 cm³/mol. The Hall–Kier alpha value is -2.56. The summed E-state index contributed by atoms with van der Waals surface area (Å²) in [5.41, 5.74) is 1.04. The largest absolute Gasteiger partial charge is 0.481 e. The fourth-order valence-electron chi connectivity index (χ4n) is 3.56. The van der Waals surface area contributed by atoms with Crippen molar-refractivity contribution in [2.45, 2.75) is 38.3 Å². The van der Waals surface area contributed by atoms with Crippen molar-refractivity contribution < 1.29 is 24.5 Å². The van der Waals surface area contributed by atoms with Gasteiger partial charge in [-0.15, -0.1) is 10.2 Å². The topological polar surface area (TPSA) is 125 Å². The second-order valence-electron chi connectivity index (χ2n) is 7.58. The molecule has 3 heterocycles. The summed E-state index contributed by atoms with van der Waals surface area (Å²) in [6, 6.07) is 9.68. The number of carboxylic acids is 1. The van der Waals surface area contributed by atoms with E-state index in [9.17, 15) is 9.90 Å². The van der Waals surface area contributed by atoms with Gasteiger partial charge in [-0.05, 0) is 19.3 Å². The molecule has 1 amide bonds. The van der Waals surface area contributed by atoms with Gasteiger partial charge in [0.15, 0.2) is 0 Å². The molecule has 4 rings (SSSR count). The molecule has 31 heavy (non-hydrogen) atoms. The third-order valence-corrected chi connectivity index (χ3v) is 6.23. The molecule has 168 valence electrons. The number of carboxylic acid groups (broad SMARTS) is 1. The van der Waals surface area contributed by atoms with Crippen molar-refractivity contribution in [3.8, 4) is 10.6 Å². The lowest BCUT2D eigenvalue weighted by Gasteiger charge is -2.37. The number of aliphatic hydroxyl groups excluding tert-OH is 1. The molecule has 0 bridgehead atoms. The van der Waals surface area contributed by atoms with Gasteiger partial charge < -0.3 is 25.2 Å². The number of benzene rings is 1. The van der Waals surface area contributed by atoms with Crippen molar-refractivity contribution in [2.75, 3.05) is 31.2 Å². The van der Waals surface area contributed by atoms with Crippen LogP contribution in [0, 0.1) is 5.92 Å². The van der Waals surface area contributed by atoms with Crippen LogP contribution in [0.1, 0.15) is 26.2 Å². The number of aliphatic carboxylic acids is 1. The first kappa shape index (κ1) is 23.1. The number of carbonyl (C=O) groups is 2. The number of hydrogen-bond acceptors (Lipinski definition) is 8. The third-order valence-electron chi connectivity index (χ3n) is 5.20. The Morgan fingerprint density at radius 1 is 1.16 bits per heavy atom. The van der Waals surface area contributed by atoms with Gasteiger partial charge in [0, 0.05) is 44.7 Å². The minimum absolute atomic E-state index is 0.0199. The summed E-state index contributed by atoms with van der Waals surface area (Å²) in [5, 5.41) is 31.2. The number of aromatic nitrogens is 2. The molecule has 2 aliphatic heterocycles. The molecule has 2 aliphatic rings. The average molecular weight is 449 g/mol. The predicted octanol–water partition coefficient (Wildman–Crippen LogP) is 1.78. The number of hydrogen-bond donors (Lipinski definition) is 3. The lowest BCUT2D eigenvalue weighted by molar-refractivity contribution is -0.134. The van der Waals surface area contributed by atoms with E-state index in [4.69, 9.17) is 14.6 Å². The molecule has 0 unspecified atom stereocenters. The molecule has 0 aliphatic carbocycles. The van der Waals surface area contributed by atoms with Crippen LogP contribution in [0.5, 0.6) is 0 Å². The molecule has 0 saturated carbocycles. The second-order valence-corrected chi connectivity index (χ2v) is 8.53. The Labute approximate surface area is 185 Å². The summed E-state index contributed by atoms with van der Waals surface area (Å²) in [6.45, 7) is 3.59. The van der Waals surface area contributed by atoms with E-state index in [1.54, 1.807) is 0 Å². The summed E-state index contributed by atoms with van der Waals surface area (Å²) in [7, 11) is 0. The van der Waals surface area contributed by atoms with Gasteiger partial charge in [-0.2, -0.15) is 0 Å². The van der Waals surface area contributed by atoms with E-state index in [1.807, 2.05) is 30.3 Å². The summed E-state index contributed by atoms with van der Waals surface area (Å²) in [4.78, 5) is 23.6. The maximum absolute atomic E-state index is 12.5. The van der Waals surface area contributed by atoms with Crippen LogP contribution in [0.4, 0.5) is 5.13 Å². The highest BCUT2D eigenvalue weighted by atomic mass is 32.1. The summed E-state index contributed by atoms with van der Waals surface area (Å²) >= 11 is 1.54. The second kappa shape index (κ2) is 11.2. The first-order valence-electron chi connectivity index (χ1n) is 10.3. The summed E-state index contributed by atoms with van der Waals surface area (Å²) in [6.07, 6.45) is 1.55. The normalized spacial score (nSPS) is 21.7. The van der Waals surface area contributed by atoms with Crippen LogP contribution in [-0.4, -0.2) is 70.7 Å². The van der Waals surface area contributed by atoms with Crippen LogP contribution in [0.3, 0.4) is 0 Å². The van der Waals surface area contributed by atoms with E-state index >= 15 is 0 Å². The smallest absolute Gasteiger partial charge is 0.300 e. The number of nitrogens with zero attached hydrogens (tertiary/aromatic N) is 3. The Kier molecular flexibility index (Phi) is 8.33. The summed E-state index contributed by atoms with van der Waals surface area (Å²) in [5.74, 6) is -0.834. The van der Waals surface area contributed by atoms with Crippen molar-refractivity contribution in [3.05, 3.63) is 30.3 Å². The van der Waals surface area contributed by atoms with Crippen molar-refractivity contribution in [1.29, 1.82) is 0 Å². The number of anilines is 1. The van der Waals surface area contributed by atoms with Crippen molar-refractivity contribution in [1.82, 2.24) is 15.5 Å². The van der Waals surface area contributed by atoms with Crippen LogP contribution in [-0.2, 0) is 14.3 Å². The molecule has 9 nitrogen and oxygen atoms in total. The molecular formula is C21H28N4O5S. The highest BCUT2D eigenvalue weighted by Gasteiger charge is 2.32. The third kappa shape index (κ3) is 6.71. The molecule has 1 aromatic heterocycles. The molecule has 2 aromatic rings. The molecule has 0 radical (unpaired) electrons. The van der Waals surface area contributed by atoms with Crippen LogP contribution in [0.25, 0.3) is 10.6 Å². The quantitative estimate of drug-likeness (QED) is 0.646. The SMILES string of the molecule is CC(=O)O.O=C(N[C@@H]1CN(c2nnc(-c3ccccc3)s2)CC[C@@H]1O)C1CCOCC1. The van der Waals surface area contributed by atoms with Crippen LogP contribution in [0.2, 0.25) is 0 Å². The van der Waals surface area contributed by atoms with Gasteiger partial charge in [0.05, 0.1) is 12.1 Å². The highest BCUT2D eigenvalue weighted by Crippen LogP contribution is 2.30. The van der Waals surface area contributed by atoms with Gasteiger partial charge in [0.1, 0.15) is 5.01 Å². The molecular weight excluding hydrogens is 420 g/mol. The lowest BCUT2D eigenvalue weighted by atomic mass is 9.97. The fraction of sp³-hybridized carbons (Fsp3) is 0.524. The van der Waals surface area contributed by atoms with E-state index < -0.39 is 12.1 Å². The monoisotopic (exact) mass is 448 g/mol. The summed E-state index contributed by atoms with van der Waals surface area (Å²) < 4.78 is 5.32. The molecule has 0 spiro atoms. The minimum Gasteiger partial charge on any atom is -0.481 e. The molecule has 2 saturated heterocycles. The van der Waals surface area contributed by atoms with Gasteiger partial charge in [-0.3, -0.25) is 9.59 Å². The van der Waals surface area contributed by atoms with E-state index in [0.717, 1.165) is 35.5 Å². The lowest BCUT2D eigenvalue weighted by Crippen LogP contribution is -2.56. The van der Waals surface area contributed by atoms with Crippen molar-refractivity contribution in [3.63, 3.8) is 0 Å². The maximum Gasteiger partial charge on any atom is 0.300 e. The molecule has 2 fully saturated rings. The van der Waals surface area contributed by atoms with Crippen LogP contribution < -0.4 is 10.2 Å². The van der Waals surface area contributed by atoms with Crippen LogP contribution in [0.15, 0.2) is 30.3 Å². The Bertz CT molecular complexity index is 852. The molecule has 10 heteroatoms. The van der Waals surface area contributed by atoms with Gasteiger partial charge in [0.25, 0.3) is 5.97 Å². The number of nitrogens with one attached hydrogen (secondary N) is 1. The van der Waals surface area contributed by atoms with Crippen molar-refractivity contribution >= 4 is 28.3 Å². The first-order valence-corrected chi connectivity index (χ1v) is 11.1. The molecule has 3 N–H and O–H groups in total. The zero-order valence-electron chi connectivity index (χ0n) is 17.4. The molecule has 1 aromatic carbocycles. The van der Waals surface area contributed by atoms with Gasteiger partial charge >= 0.3 is 0 Å². The standard InChI is InChI=1S/C19H24N4O3S.C2H4O2/c24-16-6-9-23(12-15(16)20-17(25)13-7-10-26-11-8-13)19-22-21-18(27-19)14-4-2-1-3-5-14;1-2(3)4/h1-5,13,15-16,24H,6-12H2,(H,20,25);1H3,(H,3,4)/t15-,16+;/m1./s1. The van der Waals surface area contributed by atoms with E-state index in [2.05, 4.69) is 20.4 Å². The van der Waals surface area contributed by atoms with Gasteiger partial charge in [-0.1, -0.05) is 41.7 Å². The van der Waals surface area contributed by atoms with E-state index in [0.29, 0.717) is 32.7 Å². The number of ether oxygens (including phenoxy) is 1.